The van der Waals surface area contributed by atoms with Crippen molar-refractivity contribution >= 4 is 5.69 Å². The summed E-state index contributed by atoms with van der Waals surface area (Å²) in [4.78, 5) is 10.8. The average Bonchev–Trinajstić information content (AvgIpc) is 2.52. The number of para-hydroxylation sites is 1. The first-order valence-electron chi connectivity index (χ1n) is 6.84. The Hall–Kier alpha value is -2.46. The predicted octanol–water partition coefficient (Wildman–Crippen LogP) is 3.65. The lowest BCUT2D eigenvalue weighted by atomic mass is 9.98. The molecule has 0 spiro atoms. The first-order valence-corrected chi connectivity index (χ1v) is 6.84. The lowest BCUT2D eigenvalue weighted by Gasteiger charge is -2.18. The zero-order valence-corrected chi connectivity index (χ0v) is 11.7. The first kappa shape index (κ1) is 14.9. The molecule has 0 aromatic heterocycles. The predicted molar refractivity (Wildman–Crippen MR) is 84.2 cm³/mol. The van der Waals surface area contributed by atoms with Crippen LogP contribution in [0.3, 0.4) is 0 Å². The monoisotopic (exact) mass is 282 g/mol. The van der Waals surface area contributed by atoms with Gasteiger partial charge in [-0.15, -0.1) is 6.58 Å². The molecule has 21 heavy (non-hydrogen) atoms. The summed E-state index contributed by atoms with van der Waals surface area (Å²) >= 11 is 0. The molecule has 0 bridgehead atoms. The zero-order chi connectivity index (χ0) is 15.1. The van der Waals surface area contributed by atoms with E-state index in [2.05, 4.69) is 11.9 Å². The summed E-state index contributed by atoms with van der Waals surface area (Å²) in [6, 6.07) is 16.8. The number of nitro groups is 1. The van der Waals surface area contributed by atoms with E-state index >= 15 is 0 Å². The molecule has 0 fully saturated rings. The van der Waals surface area contributed by atoms with Gasteiger partial charge in [0.25, 0.3) is 5.69 Å². The van der Waals surface area contributed by atoms with Crippen molar-refractivity contribution in [2.75, 3.05) is 6.54 Å². The van der Waals surface area contributed by atoms with Crippen LogP contribution in [0.1, 0.15) is 17.2 Å². The van der Waals surface area contributed by atoms with E-state index in [4.69, 9.17) is 0 Å². The number of nitro benzene ring substituents is 1. The van der Waals surface area contributed by atoms with E-state index in [1.165, 1.54) is 0 Å². The Morgan fingerprint density at radius 2 is 1.81 bits per heavy atom. The van der Waals surface area contributed by atoms with Crippen LogP contribution in [0, 0.1) is 10.1 Å². The highest BCUT2D eigenvalue weighted by molar-refractivity contribution is 5.41. The van der Waals surface area contributed by atoms with Crippen molar-refractivity contribution in [3.63, 3.8) is 0 Å². The lowest BCUT2D eigenvalue weighted by molar-refractivity contribution is -0.385. The molecular formula is C17H18N2O2. The fourth-order valence-electron chi connectivity index (χ4n) is 2.30. The molecule has 0 amide bonds. The van der Waals surface area contributed by atoms with Crippen LogP contribution >= 0.6 is 0 Å². The molecule has 1 atom stereocenters. The molecule has 0 saturated heterocycles. The minimum absolute atomic E-state index is 0.0188. The summed E-state index contributed by atoms with van der Waals surface area (Å²) < 4.78 is 0. The maximum absolute atomic E-state index is 11.1. The van der Waals surface area contributed by atoms with Gasteiger partial charge in [0.2, 0.25) is 0 Å². The summed E-state index contributed by atoms with van der Waals surface area (Å²) in [7, 11) is 0. The highest BCUT2D eigenvalue weighted by Crippen LogP contribution is 2.24. The van der Waals surface area contributed by atoms with Crippen molar-refractivity contribution in [1.29, 1.82) is 0 Å². The fourth-order valence-corrected chi connectivity index (χ4v) is 2.30. The number of benzene rings is 2. The second kappa shape index (κ2) is 7.36. The Bertz CT molecular complexity index is 611. The van der Waals surface area contributed by atoms with Crippen LogP contribution < -0.4 is 5.32 Å². The third-order valence-electron chi connectivity index (χ3n) is 3.32. The molecule has 1 N–H and O–H groups in total. The van der Waals surface area contributed by atoms with Crippen LogP contribution in [0.5, 0.6) is 0 Å². The van der Waals surface area contributed by atoms with Crippen LogP contribution in [-0.4, -0.2) is 11.5 Å². The Morgan fingerprint density at radius 1 is 1.14 bits per heavy atom. The van der Waals surface area contributed by atoms with Crippen LogP contribution in [0.15, 0.2) is 67.3 Å². The molecule has 1 unspecified atom stereocenters. The third-order valence-corrected chi connectivity index (χ3v) is 3.32. The molecule has 0 aliphatic heterocycles. The van der Waals surface area contributed by atoms with E-state index in [9.17, 15) is 10.1 Å². The molecule has 2 aromatic rings. The Morgan fingerprint density at radius 3 is 2.48 bits per heavy atom. The molecule has 0 aliphatic rings. The van der Waals surface area contributed by atoms with E-state index in [0.29, 0.717) is 13.0 Å². The molecule has 108 valence electrons. The molecule has 0 heterocycles. The Balaban J connectivity index is 2.27. The van der Waals surface area contributed by atoms with Crippen molar-refractivity contribution in [2.24, 2.45) is 0 Å². The van der Waals surface area contributed by atoms with Crippen LogP contribution in [0.25, 0.3) is 0 Å². The van der Waals surface area contributed by atoms with Gasteiger partial charge in [-0.1, -0.05) is 54.6 Å². The molecular weight excluding hydrogens is 264 g/mol. The molecule has 0 radical (unpaired) electrons. The van der Waals surface area contributed by atoms with Gasteiger partial charge in [0.1, 0.15) is 0 Å². The SMILES string of the molecule is C=CCNC(Cc1ccccc1[N+](=O)[O-])c1ccccc1. The smallest absolute Gasteiger partial charge is 0.272 e. The minimum Gasteiger partial charge on any atom is -0.306 e. The van der Waals surface area contributed by atoms with Gasteiger partial charge >= 0.3 is 0 Å². The van der Waals surface area contributed by atoms with Crippen molar-refractivity contribution in [3.8, 4) is 0 Å². The Kier molecular flexibility index (Phi) is 5.23. The fraction of sp³-hybridized carbons (Fsp3) is 0.176. The van der Waals surface area contributed by atoms with Crippen molar-refractivity contribution < 1.29 is 4.92 Å². The molecule has 2 rings (SSSR count). The van der Waals surface area contributed by atoms with Crippen molar-refractivity contribution in [3.05, 3.63) is 88.5 Å². The number of hydrogen-bond acceptors (Lipinski definition) is 3. The summed E-state index contributed by atoms with van der Waals surface area (Å²) in [5.41, 5.74) is 2.00. The van der Waals surface area contributed by atoms with Gasteiger partial charge < -0.3 is 5.32 Å². The van der Waals surface area contributed by atoms with Crippen LogP contribution in [-0.2, 0) is 6.42 Å². The largest absolute Gasteiger partial charge is 0.306 e. The number of nitrogens with one attached hydrogen (secondary N) is 1. The first-order chi connectivity index (χ1) is 10.2. The zero-order valence-electron chi connectivity index (χ0n) is 11.7. The number of nitrogens with zero attached hydrogens (tertiary/aromatic N) is 1. The summed E-state index contributed by atoms with van der Waals surface area (Å²) in [5.74, 6) is 0. The number of hydrogen-bond donors (Lipinski definition) is 1. The van der Waals surface area contributed by atoms with Gasteiger partial charge in [0.05, 0.1) is 4.92 Å². The second-order valence-corrected chi connectivity index (χ2v) is 4.75. The highest BCUT2D eigenvalue weighted by atomic mass is 16.6. The van der Waals surface area contributed by atoms with E-state index < -0.39 is 0 Å². The molecule has 2 aromatic carbocycles. The van der Waals surface area contributed by atoms with Gasteiger partial charge in [-0.2, -0.15) is 0 Å². The summed E-state index contributed by atoms with van der Waals surface area (Å²) in [6.45, 7) is 4.36. The van der Waals surface area contributed by atoms with Gasteiger partial charge in [-0.05, 0) is 12.0 Å². The lowest BCUT2D eigenvalue weighted by Crippen LogP contribution is -2.23. The molecule has 0 aliphatic carbocycles. The molecule has 4 heteroatoms. The van der Waals surface area contributed by atoms with Crippen LogP contribution in [0.2, 0.25) is 0 Å². The van der Waals surface area contributed by atoms with E-state index in [0.717, 1.165) is 11.1 Å². The Labute approximate surface area is 124 Å². The average molecular weight is 282 g/mol. The van der Waals surface area contributed by atoms with E-state index in [1.807, 2.05) is 42.5 Å². The maximum Gasteiger partial charge on any atom is 0.272 e. The standard InChI is InChI=1S/C17H18N2O2/c1-2-12-18-16(14-8-4-3-5-9-14)13-15-10-6-7-11-17(15)19(20)21/h2-11,16,18H,1,12-13H2. The van der Waals surface area contributed by atoms with Gasteiger partial charge in [-0.25, -0.2) is 0 Å². The second-order valence-electron chi connectivity index (χ2n) is 4.75. The maximum atomic E-state index is 11.1. The highest BCUT2D eigenvalue weighted by Gasteiger charge is 2.18. The molecule has 0 saturated carbocycles. The minimum atomic E-state index is -0.328. The summed E-state index contributed by atoms with van der Waals surface area (Å²) in [5, 5.41) is 14.5. The topological polar surface area (TPSA) is 55.2 Å². The number of rotatable bonds is 7. The molecule has 4 nitrogen and oxygen atoms in total. The van der Waals surface area contributed by atoms with E-state index in [-0.39, 0.29) is 16.7 Å². The van der Waals surface area contributed by atoms with Crippen molar-refractivity contribution in [2.45, 2.75) is 12.5 Å². The van der Waals surface area contributed by atoms with Crippen LogP contribution in [0.4, 0.5) is 5.69 Å². The van der Waals surface area contributed by atoms with E-state index in [1.54, 1.807) is 18.2 Å². The third kappa shape index (κ3) is 4.00. The van der Waals surface area contributed by atoms with Crippen molar-refractivity contribution in [1.82, 2.24) is 5.32 Å². The normalized spacial score (nSPS) is 11.8. The summed E-state index contributed by atoms with van der Waals surface area (Å²) in [6.07, 6.45) is 2.35. The quantitative estimate of drug-likeness (QED) is 0.479. The van der Waals surface area contributed by atoms with Gasteiger partial charge in [0.15, 0.2) is 0 Å². The van der Waals surface area contributed by atoms with Gasteiger partial charge in [-0.3, -0.25) is 10.1 Å². The van der Waals surface area contributed by atoms with Gasteiger partial charge in [0, 0.05) is 24.2 Å².